The van der Waals surface area contributed by atoms with Crippen molar-refractivity contribution >= 4 is 0 Å². The maximum atomic E-state index is 13.1. The van der Waals surface area contributed by atoms with Crippen LogP contribution in [-0.2, 0) is 17.7 Å². The SMILES string of the molecule is CO.COc1cncc2c1C1(O)C(CNCc3ccncc3)CC(c3ccccc3)C1(c1ccc(C#N)cc1)O2. The number of aliphatic hydroxyl groups is 2. The molecule has 1 aliphatic heterocycles. The Morgan fingerprint density at radius 1 is 1.02 bits per heavy atom. The third-order valence-electron chi connectivity index (χ3n) is 8.03. The van der Waals surface area contributed by atoms with E-state index in [4.69, 9.17) is 14.6 Å². The summed E-state index contributed by atoms with van der Waals surface area (Å²) in [5.74, 6) is 0.610. The molecule has 0 amide bonds. The third kappa shape index (κ3) is 4.29. The van der Waals surface area contributed by atoms with E-state index in [-0.39, 0.29) is 11.8 Å². The largest absolute Gasteiger partial charge is 0.495 e. The first-order valence-corrected chi connectivity index (χ1v) is 13.2. The Morgan fingerprint density at radius 3 is 2.42 bits per heavy atom. The molecule has 2 aromatic carbocycles. The number of pyridine rings is 2. The Morgan fingerprint density at radius 2 is 1.75 bits per heavy atom. The van der Waals surface area contributed by atoms with Gasteiger partial charge in [0, 0.05) is 44.4 Å². The first-order chi connectivity index (χ1) is 19.6. The van der Waals surface area contributed by atoms with Gasteiger partial charge in [0.05, 0.1) is 36.7 Å². The number of aromatic nitrogens is 2. The minimum atomic E-state index is -1.43. The molecule has 1 fully saturated rings. The molecule has 8 nitrogen and oxygen atoms in total. The van der Waals surface area contributed by atoms with Gasteiger partial charge in [-0.3, -0.25) is 9.97 Å². The number of nitriles is 1. The topological polar surface area (TPSA) is 121 Å². The van der Waals surface area contributed by atoms with Crippen molar-refractivity contribution in [2.45, 2.75) is 30.1 Å². The second-order valence-electron chi connectivity index (χ2n) is 9.89. The Kier molecular flexibility index (Phi) is 7.81. The van der Waals surface area contributed by atoms with Gasteiger partial charge in [0.25, 0.3) is 0 Å². The molecule has 0 bridgehead atoms. The number of nitrogens with one attached hydrogen (secondary N) is 1. The Bertz CT molecular complexity index is 1480. The number of ether oxygens (including phenoxy) is 2. The zero-order chi connectivity index (χ0) is 28.2. The van der Waals surface area contributed by atoms with Crippen molar-refractivity contribution in [1.82, 2.24) is 15.3 Å². The molecule has 2 aliphatic rings. The quantitative estimate of drug-likeness (QED) is 0.324. The van der Waals surface area contributed by atoms with Gasteiger partial charge in [0.1, 0.15) is 17.1 Å². The lowest BCUT2D eigenvalue weighted by atomic mass is 9.70. The summed E-state index contributed by atoms with van der Waals surface area (Å²) < 4.78 is 12.6. The summed E-state index contributed by atoms with van der Waals surface area (Å²) in [4.78, 5) is 8.44. The van der Waals surface area contributed by atoms with Crippen molar-refractivity contribution in [3.63, 3.8) is 0 Å². The van der Waals surface area contributed by atoms with Crippen LogP contribution >= 0.6 is 0 Å². The van der Waals surface area contributed by atoms with Crippen molar-refractivity contribution in [2.75, 3.05) is 20.8 Å². The molecule has 3 N–H and O–H groups in total. The van der Waals surface area contributed by atoms with E-state index in [0.717, 1.165) is 23.8 Å². The van der Waals surface area contributed by atoms with E-state index in [1.807, 2.05) is 42.5 Å². The van der Waals surface area contributed by atoms with Gasteiger partial charge in [0.2, 0.25) is 0 Å². The van der Waals surface area contributed by atoms with Crippen LogP contribution in [0.2, 0.25) is 0 Å². The first kappa shape index (κ1) is 27.3. The molecule has 4 aromatic rings. The average molecular weight is 537 g/mol. The lowest BCUT2D eigenvalue weighted by Gasteiger charge is -2.42. The predicted molar refractivity (Wildman–Crippen MR) is 150 cm³/mol. The normalized spacial score (nSPS) is 24.1. The summed E-state index contributed by atoms with van der Waals surface area (Å²) in [7, 11) is 2.59. The molecular weight excluding hydrogens is 504 g/mol. The van der Waals surface area contributed by atoms with Crippen molar-refractivity contribution in [3.05, 3.63) is 119 Å². The van der Waals surface area contributed by atoms with Crippen LogP contribution in [0.1, 0.15) is 40.2 Å². The number of aliphatic hydroxyl groups excluding tert-OH is 1. The van der Waals surface area contributed by atoms with Crippen molar-refractivity contribution in [2.24, 2.45) is 5.92 Å². The van der Waals surface area contributed by atoms with E-state index < -0.39 is 11.2 Å². The summed E-state index contributed by atoms with van der Waals surface area (Å²) >= 11 is 0. The highest BCUT2D eigenvalue weighted by Gasteiger charge is 2.73. The maximum absolute atomic E-state index is 13.1. The van der Waals surface area contributed by atoms with Crippen LogP contribution in [-0.4, -0.2) is 40.9 Å². The monoisotopic (exact) mass is 536 g/mol. The van der Waals surface area contributed by atoms with E-state index >= 15 is 0 Å². The number of benzene rings is 2. The third-order valence-corrected chi connectivity index (χ3v) is 8.03. The van der Waals surface area contributed by atoms with E-state index in [0.29, 0.717) is 42.1 Å². The summed E-state index contributed by atoms with van der Waals surface area (Å²) in [6.45, 7) is 1.20. The predicted octanol–water partition coefficient (Wildman–Crippen LogP) is 4.03. The molecule has 4 atom stereocenters. The van der Waals surface area contributed by atoms with Crippen LogP contribution in [0.25, 0.3) is 0 Å². The highest BCUT2D eigenvalue weighted by atomic mass is 16.5. The van der Waals surface area contributed by atoms with Gasteiger partial charge >= 0.3 is 0 Å². The second-order valence-corrected chi connectivity index (χ2v) is 9.89. The van der Waals surface area contributed by atoms with Gasteiger partial charge in [-0.15, -0.1) is 0 Å². The molecule has 1 saturated carbocycles. The average Bonchev–Trinajstić information content (AvgIpc) is 3.44. The van der Waals surface area contributed by atoms with Crippen molar-refractivity contribution in [1.29, 1.82) is 5.26 Å². The van der Waals surface area contributed by atoms with Crippen molar-refractivity contribution in [3.8, 4) is 17.6 Å². The minimum Gasteiger partial charge on any atom is -0.495 e. The Balaban J connectivity index is 0.00000158. The summed E-state index contributed by atoms with van der Waals surface area (Å²) in [5.41, 5.74) is 1.59. The maximum Gasteiger partial charge on any atom is 0.174 e. The van der Waals surface area contributed by atoms with Gasteiger partial charge in [0.15, 0.2) is 5.60 Å². The summed E-state index contributed by atoms with van der Waals surface area (Å²) in [5, 5.41) is 33.1. The molecule has 6 rings (SSSR count). The molecular formula is C32H32N4O4. The van der Waals surface area contributed by atoms with Gasteiger partial charge in [-0.25, -0.2) is 0 Å². The van der Waals surface area contributed by atoms with Gasteiger partial charge in [-0.1, -0.05) is 42.5 Å². The number of nitrogens with zero attached hydrogens (tertiary/aromatic N) is 3. The number of fused-ring (bicyclic) bond motifs is 3. The van der Waals surface area contributed by atoms with Crippen LogP contribution in [0.3, 0.4) is 0 Å². The van der Waals surface area contributed by atoms with Crippen LogP contribution in [0, 0.1) is 17.2 Å². The molecule has 2 aromatic heterocycles. The van der Waals surface area contributed by atoms with E-state index in [1.165, 1.54) is 0 Å². The number of rotatable bonds is 7. The number of hydrogen-bond donors (Lipinski definition) is 3. The molecule has 0 radical (unpaired) electrons. The lowest BCUT2D eigenvalue weighted by Crippen LogP contribution is -2.52. The molecule has 204 valence electrons. The highest BCUT2D eigenvalue weighted by Crippen LogP contribution is 2.69. The standard InChI is InChI=1S/C31H28N4O3.CH4O/c1-37-27-19-35-20-28-29(27)30(36)25(18-34-17-22-11-13-33-14-12-22)15-26(23-5-3-2-4-6-23)31(30,38-28)24-9-7-21(16-32)8-10-24;1-2/h2-14,19-20,25-26,34,36H,15,17-18H2,1H3;2H,1H3. The van der Waals surface area contributed by atoms with Gasteiger partial charge in [-0.05, 0) is 47.4 Å². The Labute approximate surface area is 233 Å². The van der Waals surface area contributed by atoms with Crippen LogP contribution < -0.4 is 14.8 Å². The molecule has 8 heteroatoms. The first-order valence-electron chi connectivity index (χ1n) is 13.2. The number of methoxy groups -OCH3 is 1. The van der Waals surface area contributed by atoms with Crippen LogP contribution in [0.15, 0.2) is 91.5 Å². The fourth-order valence-electron chi connectivity index (χ4n) is 6.38. The van der Waals surface area contributed by atoms with Gasteiger partial charge in [-0.2, -0.15) is 5.26 Å². The molecule has 0 spiro atoms. The Hall–Kier alpha value is -4.29. The smallest absolute Gasteiger partial charge is 0.174 e. The fourth-order valence-corrected chi connectivity index (χ4v) is 6.38. The van der Waals surface area contributed by atoms with Gasteiger partial charge < -0.3 is 25.0 Å². The lowest BCUT2D eigenvalue weighted by molar-refractivity contribution is -0.127. The molecule has 40 heavy (non-hydrogen) atoms. The fraction of sp³-hybridized carbons (Fsp3) is 0.281. The van der Waals surface area contributed by atoms with E-state index in [1.54, 1.807) is 44.0 Å². The van der Waals surface area contributed by atoms with Crippen molar-refractivity contribution < 1.29 is 19.7 Å². The van der Waals surface area contributed by atoms with E-state index in [9.17, 15) is 10.4 Å². The second kappa shape index (κ2) is 11.4. The summed E-state index contributed by atoms with van der Waals surface area (Å²) in [6, 6.07) is 23.7. The molecule has 4 unspecified atom stereocenters. The molecule has 0 saturated heterocycles. The van der Waals surface area contributed by atoms with Crippen LogP contribution in [0.5, 0.6) is 11.5 Å². The zero-order valence-electron chi connectivity index (χ0n) is 22.5. The van der Waals surface area contributed by atoms with E-state index in [2.05, 4.69) is 33.5 Å². The molecule has 3 heterocycles. The summed E-state index contributed by atoms with van der Waals surface area (Å²) in [6.07, 6.45) is 7.52. The van der Waals surface area contributed by atoms with Crippen LogP contribution in [0.4, 0.5) is 0 Å². The molecule has 1 aliphatic carbocycles. The highest BCUT2D eigenvalue weighted by molar-refractivity contribution is 5.58. The number of hydrogen-bond acceptors (Lipinski definition) is 8. The minimum absolute atomic E-state index is 0.175. The zero-order valence-corrected chi connectivity index (χ0v) is 22.5.